The van der Waals surface area contributed by atoms with E-state index in [2.05, 4.69) is 4.98 Å². The smallest absolute Gasteiger partial charge is 0.347 e. The summed E-state index contributed by atoms with van der Waals surface area (Å²) < 4.78 is 11.5. The fourth-order valence-electron chi connectivity index (χ4n) is 2.71. The van der Waals surface area contributed by atoms with Crippen molar-refractivity contribution in [3.63, 3.8) is 0 Å². The highest BCUT2D eigenvalue weighted by Gasteiger charge is 2.21. The van der Waals surface area contributed by atoms with Gasteiger partial charge in [-0.25, -0.2) is 9.78 Å². The summed E-state index contributed by atoms with van der Waals surface area (Å²) in [5, 5.41) is 10.0. The Kier molecular flexibility index (Phi) is 5.76. The number of aromatic nitrogens is 1. The first kappa shape index (κ1) is 18.9. The van der Waals surface area contributed by atoms with Crippen LogP contribution in [0.1, 0.15) is 33.4 Å². The Morgan fingerprint density at radius 2 is 1.93 bits per heavy atom. The molecule has 1 aromatic heterocycles. The molecule has 0 spiro atoms. The topological polar surface area (TPSA) is 68.7 Å². The highest BCUT2D eigenvalue weighted by Crippen LogP contribution is 2.41. The lowest BCUT2D eigenvalue weighted by atomic mass is 10.1. The molecule has 1 heterocycles. The molecule has 1 N–H and O–H groups in total. The maximum Gasteiger partial charge on any atom is 0.347 e. The van der Waals surface area contributed by atoms with Gasteiger partial charge in [-0.3, -0.25) is 0 Å². The van der Waals surface area contributed by atoms with Crippen LogP contribution in [-0.4, -0.2) is 23.2 Å². The van der Waals surface area contributed by atoms with Crippen LogP contribution in [0.25, 0.3) is 10.6 Å². The number of carboxylic acids is 1. The van der Waals surface area contributed by atoms with Crippen molar-refractivity contribution < 1.29 is 19.4 Å². The van der Waals surface area contributed by atoms with E-state index in [9.17, 15) is 9.90 Å². The fourth-order valence-corrected chi connectivity index (χ4v) is 3.72. The molecule has 3 aromatic rings. The van der Waals surface area contributed by atoms with Crippen LogP contribution in [-0.2, 0) is 13.0 Å². The number of benzene rings is 2. The van der Waals surface area contributed by atoms with Crippen molar-refractivity contribution in [3.8, 4) is 22.1 Å². The van der Waals surface area contributed by atoms with Crippen LogP contribution in [0.2, 0.25) is 0 Å². The molecule has 27 heavy (non-hydrogen) atoms. The minimum absolute atomic E-state index is 0.264. The lowest BCUT2D eigenvalue weighted by Crippen LogP contribution is -1.99. The maximum atomic E-state index is 11.5. The predicted molar refractivity (Wildman–Crippen MR) is 106 cm³/mol. The van der Waals surface area contributed by atoms with Crippen molar-refractivity contribution in [2.24, 2.45) is 0 Å². The second-order valence-electron chi connectivity index (χ2n) is 6.06. The van der Waals surface area contributed by atoms with Crippen molar-refractivity contribution in [3.05, 3.63) is 64.2 Å². The predicted octanol–water partition coefficient (Wildman–Crippen LogP) is 4.97. The molecule has 0 bridgehead atoms. The molecule has 0 fully saturated rings. The van der Waals surface area contributed by atoms with Gasteiger partial charge in [0.1, 0.15) is 16.5 Å². The Morgan fingerprint density at radius 1 is 1.19 bits per heavy atom. The normalized spacial score (nSPS) is 10.6. The monoisotopic (exact) mass is 383 g/mol. The molecular weight excluding hydrogens is 362 g/mol. The van der Waals surface area contributed by atoms with Gasteiger partial charge < -0.3 is 14.6 Å². The van der Waals surface area contributed by atoms with Gasteiger partial charge in [-0.2, -0.15) is 0 Å². The number of hydrogen-bond acceptors (Lipinski definition) is 5. The number of para-hydroxylation sites is 1. The standard InChI is InChI=1S/C21H21NO4S/c1-4-16-19(21(23)24)27-20(22-16)15-6-5-7-17(25-3)18(15)26-12-14-10-8-13(2)9-11-14/h5-11H,4,12H2,1-3H3,(H,23,24). The number of thiazole rings is 1. The van der Waals surface area contributed by atoms with Crippen LogP contribution in [0.3, 0.4) is 0 Å². The quantitative estimate of drug-likeness (QED) is 0.624. The van der Waals surface area contributed by atoms with Gasteiger partial charge in [0.05, 0.1) is 18.4 Å². The van der Waals surface area contributed by atoms with Crippen LogP contribution >= 0.6 is 11.3 Å². The summed E-state index contributed by atoms with van der Waals surface area (Å²) in [6.45, 7) is 4.31. The average molecular weight is 383 g/mol. The van der Waals surface area contributed by atoms with Crippen LogP contribution in [0, 0.1) is 6.92 Å². The molecule has 5 nitrogen and oxygen atoms in total. The lowest BCUT2D eigenvalue weighted by Gasteiger charge is -2.14. The van der Waals surface area contributed by atoms with Gasteiger partial charge in [0.2, 0.25) is 0 Å². The first-order valence-electron chi connectivity index (χ1n) is 8.62. The van der Waals surface area contributed by atoms with E-state index in [0.29, 0.717) is 35.2 Å². The van der Waals surface area contributed by atoms with Gasteiger partial charge in [-0.05, 0) is 31.0 Å². The summed E-state index contributed by atoms with van der Waals surface area (Å²) in [6.07, 6.45) is 0.557. The summed E-state index contributed by atoms with van der Waals surface area (Å²) in [7, 11) is 1.58. The lowest BCUT2D eigenvalue weighted by molar-refractivity contribution is 0.0701. The molecule has 0 radical (unpaired) electrons. The molecule has 0 saturated carbocycles. The van der Waals surface area contributed by atoms with E-state index in [-0.39, 0.29) is 4.88 Å². The Balaban J connectivity index is 1.98. The number of carboxylic acid groups (broad SMARTS) is 1. The SMILES string of the molecule is CCc1nc(-c2cccc(OC)c2OCc2ccc(C)cc2)sc1C(=O)O. The van der Waals surface area contributed by atoms with Crippen molar-refractivity contribution in [1.29, 1.82) is 0 Å². The van der Waals surface area contributed by atoms with E-state index >= 15 is 0 Å². The third kappa shape index (κ3) is 4.11. The van der Waals surface area contributed by atoms with Gasteiger partial charge in [-0.1, -0.05) is 42.8 Å². The average Bonchev–Trinajstić information content (AvgIpc) is 3.12. The zero-order chi connectivity index (χ0) is 19.4. The third-order valence-corrected chi connectivity index (χ3v) is 5.28. The molecule has 0 aliphatic rings. The molecule has 140 valence electrons. The molecule has 0 aliphatic carbocycles. The summed E-state index contributed by atoms with van der Waals surface area (Å²) in [4.78, 5) is 16.3. The first-order chi connectivity index (χ1) is 13.0. The Bertz CT molecular complexity index is 947. The van der Waals surface area contributed by atoms with E-state index in [0.717, 1.165) is 22.5 Å². The molecular formula is C21H21NO4S. The molecule has 0 atom stereocenters. The minimum Gasteiger partial charge on any atom is -0.493 e. The fraction of sp³-hybridized carbons (Fsp3) is 0.238. The van der Waals surface area contributed by atoms with Gasteiger partial charge >= 0.3 is 5.97 Å². The van der Waals surface area contributed by atoms with Crippen LogP contribution < -0.4 is 9.47 Å². The second kappa shape index (κ2) is 8.22. The molecule has 0 amide bonds. The Hall–Kier alpha value is -2.86. The number of aromatic carboxylic acids is 1. The van der Waals surface area contributed by atoms with E-state index in [1.54, 1.807) is 7.11 Å². The molecule has 0 unspecified atom stereocenters. The highest BCUT2D eigenvalue weighted by molar-refractivity contribution is 7.17. The number of methoxy groups -OCH3 is 1. The number of rotatable bonds is 7. The van der Waals surface area contributed by atoms with Gasteiger partial charge in [0.15, 0.2) is 11.5 Å². The third-order valence-electron chi connectivity index (χ3n) is 4.16. The van der Waals surface area contributed by atoms with E-state index in [1.807, 2.05) is 56.3 Å². The number of hydrogen-bond donors (Lipinski definition) is 1. The summed E-state index contributed by atoms with van der Waals surface area (Å²) in [6, 6.07) is 13.7. The van der Waals surface area contributed by atoms with Crippen LogP contribution in [0.5, 0.6) is 11.5 Å². The summed E-state index contributed by atoms with van der Waals surface area (Å²) in [5.41, 5.74) is 3.54. The first-order valence-corrected chi connectivity index (χ1v) is 9.43. The second-order valence-corrected chi connectivity index (χ2v) is 7.06. The largest absolute Gasteiger partial charge is 0.493 e. The van der Waals surface area contributed by atoms with E-state index in [1.165, 1.54) is 5.56 Å². The number of ether oxygens (including phenoxy) is 2. The Morgan fingerprint density at radius 3 is 2.52 bits per heavy atom. The van der Waals surface area contributed by atoms with E-state index in [4.69, 9.17) is 9.47 Å². The summed E-state index contributed by atoms with van der Waals surface area (Å²) in [5.74, 6) is 0.194. The van der Waals surface area contributed by atoms with Crippen LogP contribution in [0.4, 0.5) is 0 Å². The van der Waals surface area contributed by atoms with E-state index < -0.39 is 5.97 Å². The molecule has 3 rings (SSSR count). The molecule has 0 saturated heterocycles. The summed E-state index contributed by atoms with van der Waals surface area (Å²) >= 11 is 1.16. The van der Waals surface area contributed by atoms with Crippen molar-refractivity contribution in [1.82, 2.24) is 4.98 Å². The van der Waals surface area contributed by atoms with Gasteiger partial charge in [0.25, 0.3) is 0 Å². The number of nitrogens with zero attached hydrogens (tertiary/aromatic N) is 1. The van der Waals surface area contributed by atoms with Crippen molar-refractivity contribution in [2.75, 3.05) is 7.11 Å². The number of carbonyl (C=O) groups is 1. The minimum atomic E-state index is -0.958. The molecule has 0 aliphatic heterocycles. The number of aryl methyl sites for hydroxylation is 2. The molecule has 6 heteroatoms. The Labute approximate surface area is 162 Å². The zero-order valence-corrected chi connectivity index (χ0v) is 16.3. The maximum absolute atomic E-state index is 11.5. The highest BCUT2D eigenvalue weighted by atomic mass is 32.1. The zero-order valence-electron chi connectivity index (χ0n) is 15.5. The van der Waals surface area contributed by atoms with Gasteiger partial charge in [-0.15, -0.1) is 11.3 Å². The van der Waals surface area contributed by atoms with Crippen molar-refractivity contribution >= 4 is 17.3 Å². The molecule has 2 aromatic carbocycles. The van der Waals surface area contributed by atoms with Crippen molar-refractivity contribution in [2.45, 2.75) is 26.9 Å². The van der Waals surface area contributed by atoms with Crippen LogP contribution in [0.15, 0.2) is 42.5 Å². The van der Waals surface area contributed by atoms with Gasteiger partial charge in [0, 0.05) is 0 Å².